The van der Waals surface area contributed by atoms with Crippen molar-refractivity contribution < 1.29 is 9.53 Å². The zero-order valence-corrected chi connectivity index (χ0v) is 13.2. The largest absolute Gasteiger partial charge is 0.385 e. The van der Waals surface area contributed by atoms with E-state index in [-0.39, 0.29) is 5.91 Å². The van der Waals surface area contributed by atoms with Gasteiger partial charge >= 0.3 is 0 Å². The number of nitrogens with zero attached hydrogens (tertiary/aromatic N) is 1. The van der Waals surface area contributed by atoms with E-state index in [0.717, 1.165) is 12.0 Å². The number of halogens is 2. The van der Waals surface area contributed by atoms with Crippen LogP contribution in [0.3, 0.4) is 0 Å². The molecule has 1 rings (SSSR count). The fourth-order valence-corrected chi connectivity index (χ4v) is 2.48. The number of hydrogen-bond donors (Lipinski definition) is 1. The van der Waals surface area contributed by atoms with Crippen LogP contribution in [0.25, 0.3) is 0 Å². The maximum absolute atomic E-state index is 12.1. The number of carbonyl (C=O) groups is 1. The van der Waals surface area contributed by atoms with Crippen LogP contribution < -0.4 is 5.73 Å². The molecule has 0 spiro atoms. The summed E-state index contributed by atoms with van der Waals surface area (Å²) in [5, 5.41) is 1.11. The average Bonchev–Trinajstić information content (AvgIpc) is 2.36. The summed E-state index contributed by atoms with van der Waals surface area (Å²) in [4.78, 5) is 13.7. The van der Waals surface area contributed by atoms with Gasteiger partial charge in [0.05, 0.1) is 6.04 Å². The van der Waals surface area contributed by atoms with Gasteiger partial charge in [-0.3, -0.25) is 4.79 Å². The molecule has 6 heteroatoms. The van der Waals surface area contributed by atoms with E-state index in [1.165, 1.54) is 0 Å². The van der Waals surface area contributed by atoms with E-state index < -0.39 is 6.04 Å². The highest BCUT2D eigenvalue weighted by Gasteiger charge is 2.18. The summed E-state index contributed by atoms with van der Waals surface area (Å²) in [7, 11) is 3.34. The summed E-state index contributed by atoms with van der Waals surface area (Å²) in [6, 6.07) is 4.72. The summed E-state index contributed by atoms with van der Waals surface area (Å²) in [5.41, 5.74) is 6.75. The quantitative estimate of drug-likeness (QED) is 0.786. The molecule has 0 aliphatic heterocycles. The highest BCUT2D eigenvalue weighted by atomic mass is 35.5. The molecule has 1 amide bonds. The Kier molecular flexibility index (Phi) is 7.30. The number of methoxy groups -OCH3 is 1. The van der Waals surface area contributed by atoms with Crippen LogP contribution in [0.5, 0.6) is 0 Å². The van der Waals surface area contributed by atoms with Crippen LogP contribution in [0, 0.1) is 0 Å². The summed E-state index contributed by atoms with van der Waals surface area (Å²) in [6.07, 6.45) is 1.37. The lowest BCUT2D eigenvalue weighted by molar-refractivity contribution is -0.132. The molecule has 4 nitrogen and oxygen atoms in total. The van der Waals surface area contributed by atoms with E-state index in [2.05, 4.69) is 0 Å². The Morgan fingerprint density at radius 2 is 1.95 bits per heavy atom. The molecule has 1 atom stereocenters. The smallest absolute Gasteiger partial charge is 0.239 e. The van der Waals surface area contributed by atoms with Crippen molar-refractivity contribution in [2.75, 3.05) is 20.8 Å². The van der Waals surface area contributed by atoms with Crippen LogP contribution >= 0.6 is 23.2 Å². The average molecular weight is 319 g/mol. The number of amides is 1. The van der Waals surface area contributed by atoms with E-state index >= 15 is 0 Å². The second kappa shape index (κ2) is 8.47. The van der Waals surface area contributed by atoms with Gasteiger partial charge in [0, 0.05) is 37.4 Å². The summed E-state index contributed by atoms with van der Waals surface area (Å²) in [6.45, 7) is 1.03. The number of ether oxygens (including phenoxy) is 1. The Morgan fingerprint density at radius 3 is 2.50 bits per heavy atom. The van der Waals surface area contributed by atoms with Crippen LogP contribution in [0.15, 0.2) is 18.2 Å². The van der Waals surface area contributed by atoms with Crippen molar-refractivity contribution in [3.05, 3.63) is 33.8 Å². The monoisotopic (exact) mass is 318 g/mol. The minimum absolute atomic E-state index is 0.0998. The zero-order chi connectivity index (χ0) is 15.1. The first-order valence-corrected chi connectivity index (χ1v) is 7.14. The van der Waals surface area contributed by atoms with Gasteiger partial charge in [-0.2, -0.15) is 0 Å². The lowest BCUT2D eigenvalue weighted by Crippen LogP contribution is -2.41. The van der Waals surface area contributed by atoms with Crippen molar-refractivity contribution in [2.24, 2.45) is 5.73 Å². The second-order valence-corrected chi connectivity index (χ2v) is 5.59. The van der Waals surface area contributed by atoms with Gasteiger partial charge in [0.25, 0.3) is 0 Å². The van der Waals surface area contributed by atoms with Gasteiger partial charge in [-0.1, -0.05) is 23.2 Å². The number of nitrogens with two attached hydrogens (primary N) is 1. The van der Waals surface area contributed by atoms with Crippen molar-refractivity contribution in [3.63, 3.8) is 0 Å². The molecule has 0 aromatic heterocycles. The summed E-state index contributed by atoms with van der Waals surface area (Å²) < 4.78 is 4.94. The van der Waals surface area contributed by atoms with E-state index in [9.17, 15) is 4.79 Å². The molecule has 0 fully saturated rings. The number of hydrogen-bond acceptors (Lipinski definition) is 3. The SMILES string of the molecule is COCCCC(N)C(=O)N(C)Cc1cc(Cl)cc(Cl)c1. The van der Waals surface area contributed by atoms with E-state index in [1.807, 2.05) is 0 Å². The van der Waals surface area contributed by atoms with Crippen LogP contribution in [-0.2, 0) is 16.1 Å². The van der Waals surface area contributed by atoms with E-state index in [4.69, 9.17) is 33.7 Å². The molecular formula is C14H20Cl2N2O2. The molecule has 0 radical (unpaired) electrons. The van der Waals surface area contributed by atoms with Crippen molar-refractivity contribution in [3.8, 4) is 0 Å². The predicted molar refractivity (Wildman–Crippen MR) is 82.0 cm³/mol. The van der Waals surface area contributed by atoms with Crippen molar-refractivity contribution >= 4 is 29.1 Å². The van der Waals surface area contributed by atoms with E-state index in [0.29, 0.717) is 29.6 Å². The van der Waals surface area contributed by atoms with Gasteiger partial charge in [0.1, 0.15) is 0 Å². The number of rotatable bonds is 7. The van der Waals surface area contributed by atoms with Gasteiger partial charge in [-0.25, -0.2) is 0 Å². The molecule has 1 aromatic rings. The fraction of sp³-hybridized carbons (Fsp3) is 0.500. The number of likely N-dealkylation sites (N-methyl/N-ethyl adjacent to an activating group) is 1. The molecular weight excluding hydrogens is 299 g/mol. The van der Waals surface area contributed by atoms with Gasteiger partial charge in [-0.05, 0) is 36.6 Å². The maximum Gasteiger partial charge on any atom is 0.239 e. The maximum atomic E-state index is 12.1. The van der Waals surface area contributed by atoms with Crippen molar-refractivity contribution in [1.82, 2.24) is 4.90 Å². The molecule has 0 aliphatic carbocycles. The van der Waals surface area contributed by atoms with Crippen LogP contribution in [0.4, 0.5) is 0 Å². The summed E-state index contributed by atoms with van der Waals surface area (Å²) >= 11 is 11.9. The highest BCUT2D eigenvalue weighted by Crippen LogP contribution is 2.20. The third-order valence-electron chi connectivity index (χ3n) is 2.90. The van der Waals surface area contributed by atoms with Gasteiger partial charge in [-0.15, -0.1) is 0 Å². The molecule has 112 valence electrons. The Labute approximate surface area is 129 Å². The Balaban J connectivity index is 2.56. The molecule has 2 N–H and O–H groups in total. The molecule has 0 aliphatic rings. The van der Waals surface area contributed by atoms with Gasteiger partial charge in [0.15, 0.2) is 0 Å². The topological polar surface area (TPSA) is 55.6 Å². The van der Waals surface area contributed by atoms with Crippen molar-refractivity contribution in [2.45, 2.75) is 25.4 Å². The summed E-state index contributed by atoms with van der Waals surface area (Å²) in [5.74, 6) is -0.0998. The normalized spacial score (nSPS) is 12.2. The van der Waals surface area contributed by atoms with Crippen LogP contribution in [0.2, 0.25) is 10.0 Å². The highest BCUT2D eigenvalue weighted by molar-refractivity contribution is 6.34. The molecule has 1 aromatic carbocycles. The molecule has 1 unspecified atom stereocenters. The molecule has 0 heterocycles. The van der Waals surface area contributed by atoms with Crippen LogP contribution in [0.1, 0.15) is 18.4 Å². The fourth-order valence-electron chi connectivity index (χ4n) is 1.91. The molecule has 0 bridgehead atoms. The second-order valence-electron chi connectivity index (χ2n) is 4.71. The van der Waals surface area contributed by atoms with E-state index in [1.54, 1.807) is 37.3 Å². The van der Waals surface area contributed by atoms with Gasteiger partial charge < -0.3 is 15.4 Å². The Morgan fingerprint density at radius 1 is 1.35 bits per heavy atom. The standard InChI is InChI=1S/C14H20Cl2N2O2/c1-18(14(19)13(17)4-3-5-20-2)9-10-6-11(15)8-12(16)7-10/h6-8,13H,3-5,9,17H2,1-2H3. The molecule has 0 saturated heterocycles. The minimum atomic E-state index is -0.509. The third-order valence-corrected chi connectivity index (χ3v) is 3.34. The van der Waals surface area contributed by atoms with Crippen molar-refractivity contribution in [1.29, 1.82) is 0 Å². The number of benzene rings is 1. The number of carbonyl (C=O) groups excluding carboxylic acids is 1. The molecule has 0 saturated carbocycles. The zero-order valence-electron chi connectivity index (χ0n) is 11.7. The molecule has 20 heavy (non-hydrogen) atoms. The van der Waals surface area contributed by atoms with Gasteiger partial charge in [0.2, 0.25) is 5.91 Å². The first-order chi connectivity index (χ1) is 9.43. The first-order valence-electron chi connectivity index (χ1n) is 6.38. The Bertz CT molecular complexity index is 435. The predicted octanol–water partition coefficient (Wildman–Crippen LogP) is 2.71. The third kappa shape index (κ3) is 5.67. The minimum Gasteiger partial charge on any atom is -0.385 e. The first kappa shape index (κ1) is 17.2. The lowest BCUT2D eigenvalue weighted by Gasteiger charge is -2.21. The van der Waals surface area contributed by atoms with Crippen LogP contribution in [-0.4, -0.2) is 37.6 Å². The lowest BCUT2D eigenvalue weighted by atomic mass is 10.1. The Hall–Kier alpha value is -0.810.